The van der Waals surface area contributed by atoms with Crippen LogP contribution in [0.3, 0.4) is 0 Å². The number of nitrogens with zero attached hydrogens (tertiary/aromatic N) is 3. The maximum absolute atomic E-state index is 13.0. The molecule has 1 aliphatic rings. The van der Waals surface area contributed by atoms with E-state index in [4.69, 9.17) is 17.3 Å². The summed E-state index contributed by atoms with van der Waals surface area (Å²) >= 11 is 5.58. The van der Waals surface area contributed by atoms with Gasteiger partial charge >= 0.3 is 6.18 Å². The first-order valence-electron chi connectivity index (χ1n) is 9.68. The van der Waals surface area contributed by atoms with Gasteiger partial charge in [0.15, 0.2) is 0 Å². The Morgan fingerprint density at radius 2 is 1.79 bits per heavy atom. The predicted octanol–water partition coefficient (Wildman–Crippen LogP) is 3.13. The summed E-state index contributed by atoms with van der Waals surface area (Å²) < 4.78 is 38.9. The number of nitro benzene ring substituents is 1. The van der Waals surface area contributed by atoms with Crippen molar-refractivity contribution in [2.24, 2.45) is 5.73 Å². The summed E-state index contributed by atoms with van der Waals surface area (Å²) in [5.41, 5.74) is 4.22. The van der Waals surface area contributed by atoms with Crippen LogP contribution >= 0.6 is 11.6 Å². The molecule has 1 fully saturated rings. The number of rotatable bonds is 6. The topological polar surface area (TPSA) is 122 Å². The van der Waals surface area contributed by atoms with Crippen LogP contribution in [-0.4, -0.2) is 54.4 Å². The summed E-state index contributed by atoms with van der Waals surface area (Å²) in [4.78, 5) is 38.0. The number of carbonyl (C=O) groups excluding carboxylic acids is 2. The largest absolute Gasteiger partial charge is 0.417 e. The van der Waals surface area contributed by atoms with Crippen molar-refractivity contribution in [2.45, 2.75) is 6.18 Å². The number of hydrogen-bond acceptors (Lipinski definition) is 6. The lowest BCUT2D eigenvalue weighted by molar-refractivity contribution is -0.384. The molecule has 2 amide bonds. The van der Waals surface area contributed by atoms with Crippen molar-refractivity contribution >= 4 is 40.5 Å². The van der Waals surface area contributed by atoms with Gasteiger partial charge in [0.05, 0.1) is 22.1 Å². The molecule has 0 saturated carbocycles. The van der Waals surface area contributed by atoms with Gasteiger partial charge in [0.1, 0.15) is 5.69 Å². The standard InChI is InChI=1S/C20H19ClF3N5O4/c21-15-3-2-13(10-14(15)20(22,23)24)26-18(30)11-27-5-7-28(8-6-27)16-4-1-12(19(25)31)9-17(16)29(32)33/h1-4,9-10H,5-8,11H2,(H2,25,31)(H,26,30). The second-order valence-electron chi connectivity index (χ2n) is 7.33. The summed E-state index contributed by atoms with van der Waals surface area (Å²) in [6, 6.07) is 7.11. The number of nitrogens with one attached hydrogen (secondary N) is 1. The number of nitrogens with two attached hydrogens (primary N) is 1. The molecule has 9 nitrogen and oxygen atoms in total. The Labute approximate surface area is 191 Å². The van der Waals surface area contributed by atoms with Crippen LogP contribution in [0.15, 0.2) is 36.4 Å². The third-order valence-corrected chi connectivity index (χ3v) is 5.42. The fraction of sp³-hybridized carbons (Fsp3) is 0.300. The Hall–Kier alpha value is -3.38. The van der Waals surface area contributed by atoms with Gasteiger partial charge in [-0.15, -0.1) is 0 Å². The second kappa shape index (κ2) is 9.63. The highest BCUT2D eigenvalue weighted by Crippen LogP contribution is 2.36. The molecule has 1 saturated heterocycles. The van der Waals surface area contributed by atoms with E-state index in [0.29, 0.717) is 31.9 Å². The normalized spacial score (nSPS) is 14.7. The first kappa shape index (κ1) is 24.3. The molecule has 1 aliphatic heterocycles. The van der Waals surface area contributed by atoms with Crippen molar-refractivity contribution in [3.63, 3.8) is 0 Å². The number of alkyl halides is 3. The number of anilines is 2. The Balaban J connectivity index is 1.61. The van der Waals surface area contributed by atoms with E-state index in [2.05, 4.69) is 5.32 Å². The molecule has 0 bridgehead atoms. The smallest absolute Gasteiger partial charge is 0.366 e. The van der Waals surface area contributed by atoms with E-state index in [0.717, 1.165) is 18.2 Å². The van der Waals surface area contributed by atoms with Gasteiger partial charge in [-0.25, -0.2) is 0 Å². The summed E-state index contributed by atoms with van der Waals surface area (Å²) in [5, 5.41) is 13.4. The van der Waals surface area contributed by atoms with Crippen molar-refractivity contribution in [2.75, 3.05) is 42.9 Å². The van der Waals surface area contributed by atoms with Crippen molar-refractivity contribution < 1.29 is 27.7 Å². The summed E-state index contributed by atoms with van der Waals surface area (Å²) in [5.74, 6) is -1.28. The first-order valence-corrected chi connectivity index (χ1v) is 10.1. The van der Waals surface area contributed by atoms with Gasteiger partial charge in [0.2, 0.25) is 11.8 Å². The molecule has 3 rings (SSSR count). The molecule has 0 radical (unpaired) electrons. The highest BCUT2D eigenvalue weighted by atomic mass is 35.5. The van der Waals surface area contributed by atoms with Crippen LogP contribution < -0.4 is 16.0 Å². The fourth-order valence-electron chi connectivity index (χ4n) is 3.46. The fourth-order valence-corrected chi connectivity index (χ4v) is 3.69. The predicted molar refractivity (Wildman–Crippen MR) is 115 cm³/mol. The van der Waals surface area contributed by atoms with Crippen molar-refractivity contribution in [1.29, 1.82) is 0 Å². The van der Waals surface area contributed by atoms with E-state index in [-0.39, 0.29) is 23.5 Å². The SMILES string of the molecule is NC(=O)c1ccc(N2CCN(CC(=O)Nc3ccc(Cl)c(C(F)(F)F)c3)CC2)c([N+](=O)[O-])c1. The van der Waals surface area contributed by atoms with Gasteiger partial charge in [0.25, 0.3) is 5.69 Å². The number of piperazine rings is 1. The Morgan fingerprint density at radius 3 is 2.36 bits per heavy atom. The Morgan fingerprint density at radius 1 is 1.12 bits per heavy atom. The quantitative estimate of drug-likeness (QED) is 0.479. The first-order chi connectivity index (χ1) is 15.5. The molecule has 2 aromatic rings. The molecule has 0 spiro atoms. The van der Waals surface area contributed by atoms with Crippen LogP contribution in [0, 0.1) is 10.1 Å². The Bertz CT molecular complexity index is 1090. The van der Waals surface area contributed by atoms with E-state index in [1.54, 1.807) is 9.80 Å². The second-order valence-corrected chi connectivity index (χ2v) is 7.74. The van der Waals surface area contributed by atoms with Gasteiger partial charge in [-0.3, -0.25) is 24.6 Å². The molecule has 0 aliphatic carbocycles. The summed E-state index contributed by atoms with van der Waals surface area (Å²) in [7, 11) is 0. The monoisotopic (exact) mass is 485 g/mol. The molecule has 0 atom stereocenters. The molecule has 0 aromatic heterocycles. The number of hydrogen-bond donors (Lipinski definition) is 2. The minimum atomic E-state index is -4.65. The highest BCUT2D eigenvalue weighted by molar-refractivity contribution is 6.31. The van der Waals surface area contributed by atoms with Crippen LogP contribution in [0.1, 0.15) is 15.9 Å². The number of carbonyl (C=O) groups is 2. The van der Waals surface area contributed by atoms with E-state index in [9.17, 15) is 32.9 Å². The summed E-state index contributed by atoms with van der Waals surface area (Å²) in [6.07, 6.45) is -4.65. The van der Waals surface area contributed by atoms with Gasteiger partial charge < -0.3 is 16.0 Å². The zero-order valence-corrected chi connectivity index (χ0v) is 17.8. The third kappa shape index (κ3) is 5.90. The molecule has 13 heteroatoms. The van der Waals surface area contributed by atoms with Crippen LogP contribution in [0.5, 0.6) is 0 Å². The lowest BCUT2D eigenvalue weighted by Crippen LogP contribution is -2.48. The minimum Gasteiger partial charge on any atom is -0.366 e. The lowest BCUT2D eigenvalue weighted by atomic mass is 10.1. The van der Waals surface area contributed by atoms with Crippen molar-refractivity contribution in [1.82, 2.24) is 4.90 Å². The molecular weight excluding hydrogens is 467 g/mol. The number of halogens is 4. The zero-order valence-electron chi connectivity index (χ0n) is 17.1. The van der Waals surface area contributed by atoms with Crippen LogP contribution in [0.25, 0.3) is 0 Å². The lowest BCUT2D eigenvalue weighted by Gasteiger charge is -2.35. The maximum Gasteiger partial charge on any atom is 0.417 e. The third-order valence-electron chi connectivity index (χ3n) is 5.09. The van der Waals surface area contributed by atoms with Crippen molar-refractivity contribution in [3.8, 4) is 0 Å². The zero-order chi connectivity index (χ0) is 24.3. The molecule has 0 unspecified atom stereocenters. The number of amides is 2. The summed E-state index contributed by atoms with van der Waals surface area (Å²) in [6.45, 7) is 1.43. The minimum absolute atomic E-state index is 0.0247. The highest BCUT2D eigenvalue weighted by Gasteiger charge is 2.33. The number of primary amides is 1. The van der Waals surface area contributed by atoms with Gasteiger partial charge in [0, 0.05) is 43.5 Å². The molecule has 1 heterocycles. The van der Waals surface area contributed by atoms with E-state index in [1.807, 2.05) is 0 Å². The molecular formula is C20H19ClF3N5O4. The molecule has 2 aromatic carbocycles. The van der Waals surface area contributed by atoms with Gasteiger partial charge in [-0.2, -0.15) is 13.2 Å². The number of nitro groups is 1. The van der Waals surface area contributed by atoms with Crippen LogP contribution in [0.2, 0.25) is 5.02 Å². The average molecular weight is 486 g/mol. The van der Waals surface area contributed by atoms with Crippen molar-refractivity contribution in [3.05, 3.63) is 62.7 Å². The van der Waals surface area contributed by atoms with E-state index in [1.165, 1.54) is 18.2 Å². The van der Waals surface area contributed by atoms with E-state index < -0.39 is 33.5 Å². The van der Waals surface area contributed by atoms with Crippen LogP contribution in [-0.2, 0) is 11.0 Å². The van der Waals surface area contributed by atoms with E-state index >= 15 is 0 Å². The number of benzene rings is 2. The van der Waals surface area contributed by atoms with Gasteiger partial charge in [-0.1, -0.05) is 11.6 Å². The van der Waals surface area contributed by atoms with Gasteiger partial charge in [-0.05, 0) is 30.3 Å². The Kier molecular flexibility index (Phi) is 7.08. The average Bonchev–Trinajstić information content (AvgIpc) is 2.74. The molecule has 33 heavy (non-hydrogen) atoms. The molecule has 3 N–H and O–H groups in total. The van der Waals surface area contributed by atoms with Crippen LogP contribution in [0.4, 0.5) is 30.2 Å². The maximum atomic E-state index is 13.0. The molecule has 176 valence electrons.